The Morgan fingerprint density at radius 3 is 2.59 bits per heavy atom. The third kappa shape index (κ3) is 4.83. The van der Waals surface area contributed by atoms with E-state index in [-0.39, 0.29) is 5.92 Å². The average molecular weight is 243 g/mol. The van der Waals surface area contributed by atoms with Crippen molar-refractivity contribution in [3.63, 3.8) is 0 Å². The highest BCUT2D eigenvalue weighted by atomic mass is 16.7. The Balaban J connectivity index is 0.000000249. The zero-order valence-corrected chi connectivity index (χ0v) is 10.6. The molecule has 0 aromatic rings. The lowest BCUT2D eigenvalue weighted by molar-refractivity contribution is -0.165. The zero-order chi connectivity index (χ0) is 12.7. The van der Waals surface area contributed by atoms with Gasteiger partial charge in [-0.25, -0.2) is 0 Å². The predicted octanol–water partition coefficient (Wildman–Crippen LogP) is 1.03. The van der Waals surface area contributed by atoms with Gasteiger partial charge in [0.25, 0.3) is 6.47 Å². The topological polar surface area (TPSA) is 55.8 Å². The van der Waals surface area contributed by atoms with Crippen LogP contribution in [0.25, 0.3) is 0 Å². The molecule has 2 rings (SSSR count). The van der Waals surface area contributed by atoms with Gasteiger partial charge in [-0.2, -0.15) is 5.06 Å². The molecule has 1 unspecified atom stereocenters. The molecule has 0 amide bonds. The van der Waals surface area contributed by atoms with Crippen LogP contribution in [0.2, 0.25) is 0 Å². The molecule has 1 heterocycles. The molecule has 2 aliphatic rings. The minimum atomic E-state index is 0.277. The van der Waals surface area contributed by atoms with Crippen LogP contribution in [-0.2, 0) is 19.2 Å². The number of hydrogen-bond donors (Lipinski definition) is 0. The van der Waals surface area contributed by atoms with Crippen molar-refractivity contribution in [1.82, 2.24) is 5.06 Å². The van der Waals surface area contributed by atoms with E-state index >= 15 is 0 Å². The molecular weight excluding hydrogens is 222 g/mol. The van der Waals surface area contributed by atoms with Gasteiger partial charge in [0.2, 0.25) is 0 Å². The summed E-state index contributed by atoms with van der Waals surface area (Å²) in [5, 5.41) is 1.91. The Hall–Kier alpha value is -0.940. The van der Waals surface area contributed by atoms with E-state index in [1.54, 1.807) is 14.0 Å². The molecular formula is C12H21NO4. The summed E-state index contributed by atoms with van der Waals surface area (Å²) >= 11 is 0. The van der Waals surface area contributed by atoms with E-state index in [2.05, 4.69) is 4.74 Å². The number of nitrogens with zero attached hydrogens (tertiary/aromatic N) is 1. The van der Waals surface area contributed by atoms with Gasteiger partial charge in [0.15, 0.2) is 0 Å². The summed E-state index contributed by atoms with van der Waals surface area (Å²) in [7, 11) is 1.68. The van der Waals surface area contributed by atoms with Crippen LogP contribution in [0.5, 0.6) is 0 Å². The predicted molar refractivity (Wildman–Crippen MR) is 62.1 cm³/mol. The third-order valence-corrected chi connectivity index (χ3v) is 3.11. The van der Waals surface area contributed by atoms with E-state index in [0.29, 0.717) is 31.2 Å². The van der Waals surface area contributed by atoms with E-state index in [1.807, 2.05) is 5.06 Å². The quantitative estimate of drug-likeness (QED) is 0.690. The molecule has 0 bridgehead atoms. The lowest BCUT2D eigenvalue weighted by Crippen LogP contribution is -2.40. The van der Waals surface area contributed by atoms with Crippen molar-refractivity contribution in [2.75, 3.05) is 26.8 Å². The fourth-order valence-electron chi connectivity index (χ4n) is 1.98. The number of hydrogen-bond acceptors (Lipinski definition) is 5. The van der Waals surface area contributed by atoms with Crippen molar-refractivity contribution in [3.8, 4) is 0 Å². The molecule has 5 heteroatoms. The Morgan fingerprint density at radius 2 is 2.18 bits per heavy atom. The fraction of sp³-hybridized carbons (Fsp3) is 0.833. The Kier molecular flexibility index (Phi) is 6.15. The van der Waals surface area contributed by atoms with E-state index in [0.717, 1.165) is 13.1 Å². The first kappa shape index (κ1) is 14.1. The largest absolute Gasteiger partial charge is 0.468 e. The Morgan fingerprint density at radius 1 is 1.47 bits per heavy atom. The van der Waals surface area contributed by atoms with Crippen LogP contribution in [0.3, 0.4) is 0 Å². The minimum absolute atomic E-state index is 0.277. The number of piperidine rings is 1. The highest BCUT2D eigenvalue weighted by molar-refractivity contribution is 5.82. The molecule has 17 heavy (non-hydrogen) atoms. The number of hydroxylamine groups is 2. The zero-order valence-electron chi connectivity index (χ0n) is 10.6. The summed E-state index contributed by atoms with van der Waals surface area (Å²) in [5.74, 6) is 1.40. The number of ketones is 1. The van der Waals surface area contributed by atoms with Crippen LogP contribution in [-0.4, -0.2) is 44.1 Å². The lowest BCUT2D eigenvalue weighted by Gasteiger charge is -2.29. The first-order valence-electron chi connectivity index (χ1n) is 6.09. The smallest absolute Gasteiger partial charge is 0.293 e. The molecule has 2 fully saturated rings. The average Bonchev–Trinajstić information content (AvgIpc) is 3.16. The molecule has 1 aliphatic heterocycles. The van der Waals surface area contributed by atoms with E-state index in [9.17, 15) is 9.59 Å². The second kappa shape index (κ2) is 7.40. The lowest BCUT2D eigenvalue weighted by atomic mass is 9.93. The second-order valence-electron chi connectivity index (χ2n) is 4.28. The molecule has 1 atom stereocenters. The Labute approximate surface area is 102 Å². The summed E-state index contributed by atoms with van der Waals surface area (Å²) in [6.45, 7) is 4.26. The van der Waals surface area contributed by atoms with Crippen molar-refractivity contribution < 1.29 is 19.2 Å². The second-order valence-corrected chi connectivity index (χ2v) is 4.28. The first-order valence-corrected chi connectivity index (χ1v) is 6.09. The molecule has 1 aliphatic carbocycles. The van der Waals surface area contributed by atoms with Crippen LogP contribution < -0.4 is 0 Å². The summed E-state index contributed by atoms with van der Waals surface area (Å²) < 4.78 is 4.15. The van der Waals surface area contributed by atoms with Crippen LogP contribution in [0.4, 0.5) is 0 Å². The van der Waals surface area contributed by atoms with Crippen molar-refractivity contribution in [2.45, 2.75) is 26.2 Å². The molecule has 0 aromatic carbocycles. The maximum Gasteiger partial charge on any atom is 0.293 e. The molecule has 1 saturated carbocycles. The minimum Gasteiger partial charge on any atom is -0.468 e. The van der Waals surface area contributed by atoms with Gasteiger partial charge >= 0.3 is 0 Å². The standard InChI is InChI=1S/C9H15NO2.C3H6O2/c1-12-10-5-4-9(11)8(6-10)7-2-3-7;1-2-5-3-4/h7-8H,2-6H2,1H3;3H,2H2,1H3. The maximum atomic E-state index is 11.5. The molecule has 0 spiro atoms. The maximum absolute atomic E-state index is 11.5. The van der Waals surface area contributed by atoms with E-state index in [4.69, 9.17) is 4.84 Å². The third-order valence-electron chi connectivity index (χ3n) is 3.11. The van der Waals surface area contributed by atoms with Crippen LogP contribution in [0.1, 0.15) is 26.2 Å². The summed E-state index contributed by atoms with van der Waals surface area (Å²) in [6, 6.07) is 0. The van der Waals surface area contributed by atoms with Crippen molar-refractivity contribution in [2.24, 2.45) is 11.8 Å². The summed E-state index contributed by atoms with van der Waals surface area (Å²) in [6.07, 6.45) is 3.16. The summed E-state index contributed by atoms with van der Waals surface area (Å²) in [5.41, 5.74) is 0. The van der Waals surface area contributed by atoms with Crippen LogP contribution in [0.15, 0.2) is 0 Å². The number of rotatable bonds is 4. The van der Waals surface area contributed by atoms with Gasteiger partial charge in [0.1, 0.15) is 5.78 Å². The van der Waals surface area contributed by atoms with Gasteiger partial charge < -0.3 is 9.57 Å². The molecule has 1 saturated heterocycles. The van der Waals surface area contributed by atoms with E-state index < -0.39 is 0 Å². The highest BCUT2D eigenvalue weighted by Gasteiger charge is 2.39. The van der Waals surface area contributed by atoms with Gasteiger partial charge in [0, 0.05) is 25.4 Å². The summed E-state index contributed by atoms with van der Waals surface area (Å²) in [4.78, 5) is 25.8. The van der Waals surface area contributed by atoms with Gasteiger partial charge in [0.05, 0.1) is 13.7 Å². The first-order chi connectivity index (χ1) is 8.22. The molecule has 5 nitrogen and oxygen atoms in total. The molecule has 0 radical (unpaired) electrons. The highest BCUT2D eigenvalue weighted by Crippen LogP contribution is 2.39. The number of carbonyl (C=O) groups is 2. The van der Waals surface area contributed by atoms with Crippen LogP contribution in [0, 0.1) is 11.8 Å². The molecule has 0 N–H and O–H groups in total. The van der Waals surface area contributed by atoms with Crippen molar-refractivity contribution >= 4 is 12.3 Å². The van der Waals surface area contributed by atoms with Gasteiger partial charge in [-0.1, -0.05) is 0 Å². The van der Waals surface area contributed by atoms with Crippen molar-refractivity contribution in [1.29, 1.82) is 0 Å². The van der Waals surface area contributed by atoms with Gasteiger partial charge in [-0.15, -0.1) is 0 Å². The molecule has 0 aromatic heterocycles. The fourth-order valence-corrected chi connectivity index (χ4v) is 1.98. The van der Waals surface area contributed by atoms with E-state index in [1.165, 1.54) is 12.8 Å². The monoisotopic (exact) mass is 243 g/mol. The number of Topliss-reactive ketones (excluding diaryl/α,β-unsaturated/α-hetero) is 1. The van der Waals surface area contributed by atoms with Gasteiger partial charge in [-0.05, 0) is 25.7 Å². The Bertz CT molecular complexity index is 253. The SMILES string of the molecule is CCOC=O.CON1CCC(=O)C(C2CC2)C1. The number of ether oxygens (including phenoxy) is 1. The normalized spacial score (nSPS) is 24.8. The van der Waals surface area contributed by atoms with Gasteiger partial charge in [-0.3, -0.25) is 9.59 Å². The molecule has 98 valence electrons. The number of carbonyl (C=O) groups excluding carboxylic acids is 2. The van der Waals surface area contributed by atoms with Crippen LogP contribution >= 0.6 is 0 Å². The van der Waals surface area contributed by atoms with Crippen molar-refractivity contribution in [3.05, 3.63) is 0 Å².